The Morgan fingerprint density at radius 1 is 1.33 bits per heavy atom. The Kier molecular flexibility index (Phi) is 4.51. The van der Waals surface area contributed by atoms with Crippen molar-refractivity contribution in [1.82, 2.24) is 10.3 Å². The quantitative estimate of drug-likeness (QED) is 0.472. The molecule has 1 fully saturated rings. The van der Waals surface area contributed by atoms with Crippen LogP contribution < -0.4 is 21.9 Å². The topological polar surface area (TPSA) is 92.1 Å². The number of anilines is 2. The lowest BCUT2D eigenvalue weighted by Crippen LogP contribution is -2.27. The minimum atomic E-state index is -4.49. The number of rotatable bonds is 6. The highest BCUT2D eigenvalue weighted by molar-refractivity contribution is 5.77. The Bertz CT molecular complexity index is 516. The zero-order valence-electron chi connectivity index (χ0n) is 11.1. The molecule has 21 heavy (non-hydrogen) atoms. The van der Waals surface area contributed by atoms with Gasteiger partial charge < -0.3 is 16.1 Å². The van der Waals surface area contributed by atoms with Crippen LogP contribution in [0.2, 0.25) is 0 Å². The normalized spacial score (nSPS) is 14.7. The molecule has 1 aliphatic carbocycles. The predicted octanol–water partition coefficient (Wildman–Crippen LogP) is 1.47. The van der Waals surface area contributed by atoms with E-state index >= 15 is 0 Å². The summed E-state index contributed by atoms with van der Waals surface area (Å²) < 4.78 is 38.1. The largest absolute Gasteiger partial charge is 0.416 e. The number of nitrogens with two attached hydrogens (primary N) is 1. The summed E-state index contributed by atoms with van der Waals surface area (Å²) in [5, 5.41) is 5.48. The molecule has 2 rings (SSSR count). The number of halogens is 3. The second kappa shape index (κ2) is 6.17. The third-order valence-electron chi connectivity index (χ3n) is 2.90. The van der Waals surface area contributed by atoms with Crippen molar-refractivity contribution < 1.29 is 18.0 Å². The molecule has 0 saturated heterocycles. The predicted molar refractivity (Wildman–Crippen MR) is 71.3 cm³/mol. The van der Waals surface area contributed by atoms with Crippen molar-refractivity contribution in [2.45, 2.75) is 31.5 Å². The molecule has 1 aliphatic rings. The zero-order chi connectivity index (χ0) is 15.5. The Morgan fingerprint density at radius 2 is 2.00 bits per heavy atom. The number of carbonyl (C=O) groups is 1. The maximum absolute atomic E-state index is 12.7. The van der Waals surface area contributed by atoms with Crippen molar-refractivity contribution in [1.29, 1.82) is 0 Å². The van der Waals surface area contributed by atoms with Crippen molar-refractivity contribution in [3.05, 3.63) is 17.7 Å². The second-order valence-electron chi connectivity index (χ2n) is 4.79. The van der Waals surface area contributed by atoms with Gasteiger partial charge in [-0.1, -0.05) is 0 Å². The molecule has 0 unspecified atom stereocenters. The van der Waals surface area contributed by atoms with Gasteiger partial charge in [0.25, 0.3) is 0 Å². The summed E-state index contributed by atoms with van der Waals surface area (Å²) in [5.41, 5.74) is 1.22. The molecule has 116 valence electrons. The first kappa shape index (κ1) is 15.4. The number of carbonyl (C=O) groups excluding carboxylic acids is 1. The van der Waals surface area contributed by atoms with Gasteiger partial charge in [0.1, 0.15) is 11.6 Å². The summed E-state index contributed by atoms with van der Waals surface area (Å²) in [6.07, 6.45) is -2.35. The van der Waals surface area contributed by atoms with Crippen LogP contribution in [0.15, 0.2) is 12.1 Å². The highest BCUT2D eigenvalue weighted by Crippen LogP contribution is 2.31. The number of nitrogen functional groups attached to an aromatic ring is 1. The molecule has 0 radical (unpaired) electrons. The lowest BCUT2D eigenvalue weighted by molar-refractivity contribution is -0.137. The number of alkyl halides is 3. The van der Waals surface area contributed by atoms with Crippen molar-refractivity contribution >= 4 is 17.5 Å². The summed E-state index contributed by atoms with van der Waals surface area (Å²) >= 11 is 0. The first-order chi connectivity index (χ1) is 9.88. The van der Waals surface area contributed by atoms with Crippen LogP contribution in [0, 0.1) is 0 Å². The number of nitrogens with one attached hydrogen (secondary N) is 3. The molecule has 1 aromatic rings. The Balaban J connectivity index is 1.93. The molecule has 1 heterocycles. The third-order valence-corrected chi connectivity index (χ3v) is 2.90. The van der Waals surface area contributed by atoms with E-state index in [1.807, 2.05) is 0 Å². The first-order valence-corrected chi connectivity index (χ1v) is 6.47. The zero-order valence-corrected chi connectivity index (χ0v) is 11.1. The van der Waals surface area contributed by atoms with Gasteiger partial charge in [0.15, 0.2) is 0 Å². The fraction of sp³-hybridized carbons (Fsp3) is 0.500. The molecule has 0 spiro atoms. The molecule has 1 amide bonds. The minimum Gasteiger partial charge on any atom is -0.369 e. The number of pyridine rings is 1. The van der Waals surface area contributed by atoms with E-state index in [9.17, 15) is 18.0 Å². The van der Waals surface area contributed by atoms with E-state index in [1.54, 1.807) is 0 Å². The molecule has 1 saturated carbocycles. The minimum absolute atomic E-state index is 0.0111. The summed E-state index contributed by atoms with van der Waals surface area (Å²) in [6.45, 7) is 0.191. The van der Waals surface area contributed by atoms with E-state index in [-0.39, 0.29) is 36.6 Å². The number of hydrogen-bond acceptors (Lipinski definition) is 5. The van der Waals surface area contributed by atoms with Gasteiger partial charge in [-0.15, -0.1) is 0 Å². The summed E-state index contributed by atoms with van der Waals surface area (Å²) in [7, 11) is 0. The second-order valence-corrected chi connectivity index (χ2v) is 4.79. The molecular formula is C12H16F3N5O. The van der Waals surface area contributed by atoms with Crippen LogP contribution in [0.4, 0.5) is 24.8 Å². The van der Waals surface area contributed by atoms with Crippen molar-refractivity contribution in [3.63, 3.8) is 0 Å². The Hall–Kier alpha value is -2.03. The van der Waals surface area contributed by atoms with Crippen molar-refractivity contribution in [2.24, 2.45) is 5.84 Å². The van der Waals surface area contributed by atoms with Crippen LogP contribution in [0.5, 0.6) is 0 Å². The van der Waals surface area contributed by atoms with Crippen LogP contribution in [0.1, 0.15) is 24.8 Å². The SMILES string of the molecule is NNc1cc(C(F)(F)F)cc(NCCC(=O)NC2CC2)n1. The van der Waals surface area contributed by atoms with E-state index in [2.05, 4.69) is 21.0 Å². The van der Waals surface area contributed by atoms with Gasteiger partial charge in [-0.25, -0.2) is 10.8 Å². The van der Waals surface area contributed by atoms with Crippen LogP contribution >= 0.6 is 0 Å². The fourth-order valence-electron chi connectivity index (χ4n) is 1.69. The number of hydrogen-bond donors (Lipinski definition) is 4. The lowest BCUT2D eigenvalue weighted by atomic mass is 10.2. The van der Waals surface area contributed by atoms with Gasteiger partial charge in [0, 0.05) is 19.0 Å². The summed E-state index contributed by atoms with van der Waals surface area (Å²) in [4.78, 5) is 15.3. The van der Waals surface area contributed by atoms with E-state index in [0.29, 0.717) is 0 Å². The third kappa shape index (κ3) is 4.78. The highest BCUT2D eigenvalue weighted by Gasteiger charge is 2.31. The molecular weight excluding hydrogens is 287 g/mol. The Labute approximate surface area is 119 Å². The van der Waals surface area contributed by atoms with E-state index in [4.69, 9.17) is 5.84 Å². The molecule has 0 atom stereocenters. The van der Waals surface area contributed by atoms with Gasteiger partial charge in [0.05, 0.1) is 5.56 Å². The monoisotopic (exact) mass is 303 g/mol. The Morgan fingerprint density at radius 3 is 2.57 bits per heavy atom. The maximum atomic E-state index is 12.7. The average molecular weight is 303 g/mol. The van der Waals surface area contributed by atoms with E-state index in [1.165, 1.54) is 0 Å². The smallest absolute Gasteiger partial charge is 0.369 e. The van der Waals surface area contributed by atoms with Crippen LogP contribution in [-0.4, -0.2) is 23.5 Å². The van der Waals surface area contributed by atoms with Crippen molar-refractivity contribution in [2.75, 3.05) is 17.3 Å². The molecule has 6 nitrogen and oxygen atoms in total. The summed E-state index contributed by atoms with van der Waals surface area (Å²) in [6, 6.07) is 1.95. The van der Waals surface area contributed by atoms with Gasteiger partial charge in [-0.3, -0.25) is 4.79 Å². The van der Waals surface area contributed by atoms with Gasteiger partial charge in [-0.05, 0) is 25.0 Å². The molecule has 1 aromatic heterocycles. The number of aromatic nitrogens is 1. The summed E-state index contributed by atoms with van der Waals surface area (Å²) in [5.74, 6) is 4.88. The number of amides is 1. The van der Waals surface area contributed by atoms with Crippen LogP contribution in [0.3, 0.4) is 0 Å². The van der Waals surface area contributed by atoms with Gasteiger partial charge >= 0.3 is 6.18 Å². The first-order valence-electron chi connectivity index (χ1n) is 6.47. The fourth-order valence-corrected chi connectivity index (χ4v) is 1.69. The number of nitrogens with zero attached hydrogens (tertiary/aromatic N) is 1. The molecule has 9 heteroatoms. The highest BCUT2D eigenvalue weighted by atomic mass is 19.4. The van der Waals surface area contributed by atoms with Crippen LogP contribution in [-0.2, 0) is 11.0 Å². The molecule has 0 aromatic carbocycles. The van der Waals surface area contributed by atoms with Crippen LogP contribution in [0.25, 0.3) is 0 Å². The van der Waals surface area contributed by atoms with E-state index in [0.717, 1.165) is 25.0 Å². The van der Waals surface area contributed by atoms with E-state index < -0.39 is 11.7 Å². The average Bonchev–Trinajstić information content (AvgIpc) is 3.21. The standard InChI is InChI=1S/C12H16F3N5O/c13-12(14,15)7-5-9(19-10(6-7)20-16)17-4-3-11(21)18-8-1-2-8/h5-6,8H,1-4,16H2,(H,18,21)(H2,17,19,20). The molecule has 5 N–H and O–H groups in total. The number of hydrazine groups is 1. The molecule has 0 bridgehead atoms. The lowest BCUT2D eigenvalue weighted by Gasteiger charge is -2.12. The van der Waals surface area contributed by atoms with Gasteiger partial charge in [0.2, 0.25) is 5.91 Å². The maximum Gasteiger partial charge on any atom is 0.416 e. The van der Waals surface area contributed by atoms with Gasteiger partial charge in [-0.2, -0.15) is 13.2 Å². The molecule has 0 aliphatic heterocycles. The van der Waals surface area contributed by atoms with Crippen molar-refractivity contribution in [3.8, 4) is 0 Å².